The van der Waals surface area contributed by atoms with E-state index in [0.29, 0.717) is 17.4 Å². The highest BCUT2D eigenvalue weighted by atomic mass is 16.5. The Kier molecular flexibility index (Phi) is 8.31. The summed E-state index contributed by atoms with van der Waals surface area (Å²) in [7, 11) is 1.59. The van der Waals surface area contributed by atoms with Gasteiger partial charge in [-0.3, -0.25) is 19.5 Å². The smallest absolute Gasteiger partial charge is 0.279 e. The van der Waals surface area contributed by atoms with Crippen molar-refractivity contribution in [1.29, 1.82) is 0 Å². The maximum absolute atomic E-state index is 13.9. The molecule has 0 spiro atoms. The second-order valence-electron chi connectivity index (χ2n) is 9.53. The van der Waals surface area contributed by atoms with Crippen molar-refractivity contribution >= 4 is 17.5 Å². The first-order chi connectivity index (χ1) is 17.5. The first-order valence-corrected chi connectivity index (χ1v) is 12.6. The van der Waals surface area contributed by atoms with Crippen LogP contribution in [0.15, 0.2) is 67.1 Å². The summed E-state index contributed by atoms with van der Waals surface area (Å²) in [5.41, 5.74) is 2.65. The van der Waals surface area contributed by atoms with Gasteiger partial charge in [0.25, 0.3) is 5.91 Å². The van der Waals surface area contributed by atoms with Gasteiger partial charge in [0.1, 0.15) is 17.5 Å². The third-order valence-electron chi connectivity index (χ3n) is 6.73. The Morgan fingerprint density at radius 3 is 2.19 bits per heavy atom. The Hall–Kier alpha value is -3.74. The largest absolute Gasteiger partial charge is 0.497 e. The molecule has 3 aromatic rings. The molecular weight excluding hydrogens is 452 g/mol. The number of benzene rings is 2. The van der Waals surface area contributed by atoms with Crippen molar-refractivity contribution in [1.82, 2.24) is 15.3 Å². The van der Waals surface area contributed by atoms with Crippen molar-refractivity contribution in [2.75, 3.05) is 12.0 Å². The summed E-state index contributed by atoms with van der Waals surface area (Å²) in [4.78, 5) is 37.7. The first kappa shape index (κ1) is 25.4. The van der Waals surface area contributed by atoms with E-state index < -0.39 is 11.9 Å². The number of methoxy groups -OCH3 is 1. The Bertz CT molecular complexity index is 1140. The van der Waals surface area contributed by atoms with Crippen LogP contribution in [0.25, 0.3) is 0 Å². The van der Waals surface area contributed by atoms with Crippen molar-refractivity contribution in [3.63, 3.8) is 0 Å². The molecule has 1 fully saturated rings. The summed E-state index contributed by atoms with van der Waals surface area (Å²) in [6, 6.07) is 14.3. The minimum atomic E-state index is -0.879. The highest BCUT2D eigenvalue weighted by Crippen LogP contribution is 2.32. The van der Waals surface area contributed by atoms with E-state index in [-0.39, 0.29) is 17.6 Å². The average molecular weight is 487 g/mol. The highest BCUT2D eigenvalue weighted by Gasteiger charge is 2.35. The van der Waals surface area contributed by atoms with Gasteiger partial charge in [0.05, 0.1) is 13.3 Å². The summed E-state index contributed by atoms with van der Waals surface area (Å²) in [6.07, 6.45) is 9.71. The second kappa shape index (κ2) is 11.8. The molecule has 4 rings (SSSR count). The van der Waals surface area contributed by atoms with E-state index in [1.54, 1.807) is 31.4 Å². The molecule has 1 N–H and O–H groups in total. The number of aromatic nitrogens is 2. The van der Waals surface area contributed by atoms with Gasteiger partial charge in [0.2, 0.25) is 5.91 Å². The number of hydrogen-bond donors (Lipinski definition) is 1. The third-order valence-corrected chi connectivity index (χ3v) is 6.73. The van der Waals surface area contributed by atoms with Crippen molar-refractivity contribution in [3.05, 3.63) is 83.9 Å². The Balaban J connectivity index is 1.80. The van der Waals surface area contributed by atoms with E-state index in [2.05, 4.69) is 29.1 Å². The molecule has 1 saturated carbocycles. The van der Waals surface area contributed by atoms with Gasteiger partial charge in [-0.15, -0.1) is 0 Å². The van der Waals surface area contributed by atoms with Crippen LogP contribution in [0.2, 0.25) is 0 Å². The molecule has 0 bridgehead atoms. The molecule has 36 heavy (non-hydrogen) atoms. The minimum absolute atomic E-state index is 0.105. The second-order valence-corrected chi connectivity index (χ2v) is 9.53. The number of rotatable bonds is 8. The third kappa shape index (κ3) is 5.90. The molecule has 7 heteroatoms. The number of nitrogens with zero attached hydrogens (tertiary/aromatic N) is 3. The molecule has 7 nitrogen and oxygen atoms in total. The quantitative estimate of drug-likeness (QED) is 0.458. The lowest BCUT2D eigenvalue weighted by molar-refractivity contribution is -0.123. The fourth-order valence-electron chi connectivity index (χ4n) is 4.67. The molecular formula is C29H34N4O3. The number of carbonyl (C=O) groups is 2. The van der Waals surface area contributed by atoms with Crippen LogP contribution in [0, 0.1) is 0 Å². The number of amides is 2. The van der Waals surface area contributed by atoms with Gasteiger partial charge in [0, 0.05) is 24.1 Å². The van der Waals surface area contributed by atoms with E-state index >= 15 is 0 Å². The van der Waals surface area contributed by atoms with Crippen molar-refractivity contribution < 1.29 is 14.3 Å². The van der Waals surface area contributed by atoms with Crippen LogP contribution < -0.4 is 15.0 Å². The predicted octanol–water partition coefficient (Wildman–Crippen LogP) is 5.45. The fraction of sp³-hybridized carbons (Fsp3) is 0.379. The Morgan fingerprint density at radius 2 is 1.61 bits per heavy atom. The number of nitrogens with one attached hydrogen (secondary N) is 1. The molecule has 1 aromatic heterocycles. The number of anilines is 1. The van der Waals surface area contributed by atoms with Crippen molar-refractivity contribution in [3.8, 4) is 5.75 Å². The lowest BCUT2D eigenvalue weighted by Gasteiger charge is -2.33. The van der Waals surface area contributed by atoms with Crippen LogP contribution in [0.3, 0.4) is 0 Å². The van der Waals surface area contributed by atoms with Gasteiger partial charge in [-0.2, -0.15) is 0 Å². The Morgan fingerprint density at radius 1 is 0.944 bits per heavy atom. The predicted molar refractivity (Wildman–Crippen MR) is 140 cm³/mol. The molecule has 1 aliphatic rings. The molecule has 1 aliphatic carbocycles. The van der Waals surface area contributed by atoms with Crippen LogP contribution >= 0.6 is 0 Å². The molecule has 0 saturated heterocycles. The van der Waals surface area contributed by atoms with E-state index in [4.69, 9.17) is 4.74 Å². The molecule has 0 aliphatic heterocycles. The zero-order chi connectivity index (χ0) is 25.5. The van der Waals surface area contributed by atoms with Crippen LogP contribution in [0.5, 0.6) is 5.75 Å². The lowest BCUT2D eigenvalue weighted by atomic mass is 9.94. The van der Waals surface area contributed by atoms with Gasteiger partial charge in [-0.25, -0.2) is 4.98 Å². The fourth-order valence-corrected chi connectivity index (χ4v) is 4.67. The Labute approximate surface area is 212 Å². The zero-order valence-electron chi connectivity index (χ0n) is 21.2. The van der Waals surface area contributed by atoms with Crippen LogP contribution in [0.1, 0.15) is 79.5 Å². The summed E-state index contributed by atoms with van der Waals surface area (Å²) in [5.74, 6) is 0.417. The van der Waals surface area contributed by atoms with Gasteiger partial charge in [-0.1, -0.05) is 57.4 Å². The van der Waals surface area contributed by atoms with Crippen molar-refractivity contribution in [2.45, 2.75) is 64.0 Å². The minimum Gasteiger partial charge on any atom is -0.497 e. The molecule has 1 heterocycles. The van der Waals surface area contributed by atoms with Crippen LogP contribution in [-0.2, 0) is 4.79 Å². The van der Waals surface area contributed by atoms with Gasteiger partial charge in [0.15, 0.2) is 0 Å². The molecule has 2 aromatic carbocycles. The number of carbonyl (C=O) groups excluding carboxylic acids is 2. The standard InChI is InChI=1S/C29H34N4O3/c1-20(2)21-9-11-22(12-10-21)27(28(34)32-23-7-5-4-6-8-23)33(24-13-15-25(36-3)16-14-24)29(35)26-19-30-17-18-31-26/h9-20,23,27H,4-8H2,1-3H3,(H,32,34). The summed E-state index contributed by atoms with van der Waals surface area (Å²) in [6.45, 7) is 4.26. The van der Waals surface area contributed by atoms with Crippen LogP contribution in [-0.4, -0.2) is 34.9 Å². The maximum atomic E-state index is 13.9. The molecule has 1 atom stereocenters. The van der Waals surface area contributed by atoms with E-state index in [0.717, 1.165) is 31.2 Å². The maximum Gasteiger partial charge on any atom is 0.279 e. The topological polar surface area (TPSA) is 84.4 Å². The normalized spacial score (nSPS) is 14.8. The van der Waals surface area contributed by atoms with Gasteiger partial charge in [-0.05, 0) is 54.2 Å². The molecule has 188 valence electrons. The highest BCUT2D eigenvalue weighted by molar-refractivity contribution is 6.09. The monoisotopic (exact) mass is 486 g/mol. The molecule has 2 amide bonds. The van der Waals surface area contributed by atoms with Crippen molar-refractivity contribution in [2.24, 2.45) is 0 Å². The average Bonchev–Trinajstić information content (AvgIpc) is 2.92. The number of ether oxygens (including phenoxy) is 1. The number of hydrogen-bond acceptors (Lipinski definition) is 5. The van der Waals surface area contributed by atoms with E-state index in [9.17, 15) is 9.59 Å². The van der Waals surface area contributed by atoms with Gasteiger partial charge >= 0.3 is 0 Å². The SMILES string of the molecule is COc1ccc(N(C(=O)c2cnccn2)C(C(=O)NC2CCCCC2)c2ccc(C(C)C)cc2)cc1. The van der Waals surface area contributed by atoms with Gasteiger partial charge < -0.3 is 10.1 Å². The zero-order valence-corrected chi connectivity index (χ0v) is 21.2. The summed E-state index contributed by atoms with van der Waals surface area (Å²) < 4.78 is 5.32. The summed E-state index contributed by atoms with van der Waals surface area (Å²) >= 11 is 0. The lowest BCUT2D eigenvalue weighted by Crippen LogP contribution is -2.47. The van der Waals surface area contributed by atoms with E-state index in [1.165, 1.54) is 35.5 Å². The summed E-state index contributed by atoms with van der Waals surface area (Å²) in [5, 5.41) is 3.24. The van der Waals surface area contributed by atoms with E-state index in [1.807, 2.05) is 24.3 Å². The molecule has 0 radical (unpaired) electrons. The first-order valence-electron chi connectivity index (χ1n) is 12.6. The van der Waals surface area contributed by atoms with Crippen LogP contribution in [0.4, 0.5) is 5.69 Å². The molecule has 1 unspecified atom stereocenters.